The number of rotatable bonds is 5. The van der Waals surface area contributed by atoms with Crippen LogP contribution in [0.3, 0.4) is 0 Å². The maximum Gasteiger partial charge on any atom is 0.257 e. The van der Waals surface area contributed by atoms with Gasteiger partial charge in [-0.1, -0.05) is 23.2 Å². The Morgan fingerprint density at radius 1 is 1.22 bits per heavy atom. The van der Waals surface area contributed by atoms with E-state index in [0.717, 1.165) is 43.5 Å². The molecule has 4 rings (SSSR count). The van der Waals surface area contributed by atoms with Gasteiger partial charge in [-0.15, -0.1) is 11.3 Å². The largest absolute Gasteiger partial charge is 0.376 e. The number of carbonyl (C=O) groups excluding carboxylic acids is 1. The highest BCUT2D eigenvalue weighted by atomic mass is 35.5. The highest BCUT2D eigenvalue weighted by Crippen LogP contribution is 2.34. The zero-order valence-electron chi connectivity index (χ0n) is 14.7. The lowest BCUT2D eigenvalue weighted by molar-refractivity contribution is -0.127. The molecule has 2 fully saturated rings. The number of thiazole rings is 1. The first-order valence-electron chi connectivity index (χ1n) is 9.07. The number of ether oxygens (including phenoxy) is 2. The molecule has 0 N–H and O–H groups in total. The minimum atomic E-state index is -0.391. The van der Waals surface area contributed by atoms with Crippen molar-refractivity contribution >= 4 is 45.6 Å². The Hall–Kier alpha value is -1.18. The number of halogens is 2. The van der Waals surface area contributed by atoms with Crippen LogP contribution in [0.2, 0.25) is 10.0 Å². The van der Waals surface area contributed by atoms with Crippen molar-refractivity contribution in [2.75, 3.05) is 24.7 Å². The van der Waals surface area contributed by atoms with Crippen molar-refractivity contribution in [1.29, 1.82) is 0 Å². The minimum absolute atomic E-state index is 0.0360. The molecule has 144 valence electrons. The van der Waals surface area contributed by atoms with Crippen LogP contribution in [0.15, 0.2) is 23.6 Å². The van der Waals surface area contributed by atoms with Crippen molar-refractivity contribution < 1.29 is 14.3 Å². The standard InChI is InChI=1S/C19H20Cl2N2O3S/c20-12-5-6-14(15(21)9-12)16-11-27-19(22-16)23(10-13-3-1-7-25-13)18(24)17-4-2-8-26-17/h5-6,9,11,13,17H,1-4,7-8,10H2. The summed E-state index contributed by atoms with van der Waals surface area (Å²) in [4.78, 5) is 19.5. The van der Waals surface area contributed by atoms with Gasteiger partial charge in [0.15, 0.2) is 5.13 Å². The molecule has 1 aromatic carbocycles. The summed E-state index contributed by atoms with van der Waals surface area (Å²) >= 11 is 13.7. The van der Waals surface area contributed by atoms with Gasteiger partial charge in [-0.2, -0.15) is 0 Å². The van der Waals surface area contributed by atoms with E-state index < -0.39 is 6.10 Å². The molecule has 5 nitrogen and oxygen atoms in total. The molecule has 2 atom stereocenters. The smallest absolute Gasteiger partial charge is 0.257 e. The second-order valence-corrected chi connectivity index (χ2v) is 8.41. The van der Waals surface area contributed by atoms with Gasteiger partial charge in [0.2, 0.25) is 0 Å². The van der Waals surface area contributed by atoms with Gasteiger partial charge >= 0.3 is 0 Å². The van der Waals surface area contributed by atoms with Crippen molar-refractivity contribution in [2.45, 2.75) is 37.9 Å². The fraction of sp³-hybridized carbons (Fsp3) is 0.474. The fourth-order valence-electron chi connectivity index (χ4n) is 3.41. The molecular weight excluding hydrogens is 407 g/mol. The lowest BCUT2D eigenvalue weighted by Crippen LogP contribution is -2.43. The van der Waals surface area contributed by atoms with Gasteiger partial charge in [-0.3, -0.25) is 9.69 Å². The average molecular weight is 427 g/mol. The molecule has 2 unspecified atom stereocenters. The van der Waals surface area contributed by atoms with Crippen LogP contribution >= 0.6 is 34.5 Å². The average Bonchev–Trinajstić information content (AvgIpc) is 3.40. The summed E-state index contributed by atoms with van der Waals surface area (Å²) in [6.07, 6.45) is 3.29. The van der Waals surface area contributed by atoms with Crippen LogP contribution in [0.1, 0.15) is 25.7 Å². The van der Waals surface area contributed by atoms with E-state index in [1.54, 1.807) is 17.0 Å². The monoisotopic (exact) mass is 426 g/mol. The maximum atomic E-state index is 13.1. The Bertz CT molecular complexity index is 817. The van der Waals surface area contributed by atoms with Crippen LogP contribution in [-0.4, -0.2) is 42.9 Å². The Labute approximate surface area is 172 Å². The summed E-state index contributed by atoms with van der Waals surface area (Å²) in [5.41, 5.74) is 1.53. The summed E-state index contributed by atoms with van der Waals surface area (Å²) in [6.45, 7) is 1.88. The molecule has 0 bridgehead atoms. The van der Waals surface area contributed by atoms with Crippen molar-refractivity contribution in [1.82, 2.24) is 4.98 Å². The van der Waals surface area contributed by atoms with Crippen LogP contribution in [0.5, 0.6) is 0 Å². The van der Waals surface area contributed by atoms with E-state index in [9.17, 15) is 4.79 Å². The Kier molecular flexibility index (Phi) is 5.99. The number of hydrogen-bond acceptors (Lipinski definition) is 5. The van der Waals surface area contributed by atoms with Gasteiger partial charge in [-0.25, -0.2) is 4.98 Å². The highest BCUT2D eigenvalue weighted by Gasteiger charge is 2.33. The molecule has 2 aromatic rings. The molecule has 8 heteroatoms. The first-order chi connectivity index (χ1) is 13.1. The topological polar surface area (TPSA) is 51.7 Å². The van der Waals surface area contributed by atoms with Gasteiger partial charge < -0.3 is 9.47 Å². The van der Waals surface area contributed by atoms with Crippen LogP contribution in [0.25, 0.3) is 11.3 Å². The SMILES string of the molecule is O=C(C1CCCO1)N(CC1CCCO1)c1nc(-c2ccc(Cl)cc2Cl)cs1. The van der Waals surface area contributed by atoms with Crippen LogP contribution in [0, 0.1) is 0 Å². The lowest BCUT2D eigenvalue weighted by atomic mass is 10.2. The van der Waals surface area contributed by atoms with Crippen molar-refractivity contribution in [3.05, 3.63) is 33.6 Å². The Morgan fingerprint density at radius 2 is 2.04 bits per heavy atom. The molecule has 0 aliphatic carbocycles. The summed E-state index contributed by atoms with van der Waals surface area (Å²) < 4.78 is 11.4. The van der Waals surface area contributed by atoms with Crippen LogP contribution in [-0.2, 0) is 14.3 Å². The van der Waals surface area contributed by atoms with E-state index in [-0.39, 0.29) is 12.0 Å². The molecule has 1 amide bonds. The van der Waals surface area contributed by atoms with E-state index in [4.69, 9.17) is 37.7 Å². The first-order valence-corrected chi connectivity index (χ1v) is 10.7. The number of aromatic nitrogens is 1. The second-order valence-electron chi connectivity index (χ2n) is 6.73. The number of benzene rings is 1. The molecule has 27 heavy (non-hydrogen) atoms. The third kappa shape index (κ3) is 4.30. The fourth-order valence-corrected chi connectivity index (χ4v) is 4.75. The van der Waals surface area contributed by atoms with E-state index in [2.05, 4.69) is 0 Å². The predicted octanol–water partition coefficient (Wildman–Crippen LogP) is 4.81. The van der Waals surface area contributed by atoms with Gasteiger partial charge in [0.1, 0.15) is 6.10 Å². The second kappa shape index (κ2) is 8.45. The quantitative estimate of drug-likeness (QED) is 0.688. The van der Waals surface area contributed by atoms with E-state index in [1.807, 2.05) is 11.4 Å². The third-order valence-electron chi connectivity index (χ3n) is 4.81. The molecule has 2 aliphatic heterocycles. The zero-order valence-corrected chi connectivity index (χ0v) is 17.0. The minimum Gasteiger partial charge on any atom is -0.376 e. The Balaban J connectivity index is 1.61. The molecule has 0 saturated carbocycles. The van der Waals surface area contributed by atoms with Gasteiger partial charge in [0.05, 0.1) is 23.4 Å². The number of hydrogen-bond donors (Lipinski definition) is 0. The number of amides is 1. The summed E-state index contributed by atoms with van der Waals surface area (Å²) in [6, 6.07) is 5.32. The third-order valence-corrected chi connectivity index (χ3v) is 6.22. The molecule has 1 aromatic heterocycles. The van der Waals surface area contributed by atoms with Gasteiger partial charge in [-0.05, 0) is 43.9 Å². The Morgan fingerprint density at radius 3 is 2.74 bits per heavy atom. The van der Waals surface area contributed by atoms with Crippen LogP contribution in [0.4, 0.5) is 5.13 Å². The van der Waals surface area contributed by atoms with Crippen molar-refractivity contribution in [2.24, 2.45) is 0 Å². The molecule has 0 radical (unpaired) electrons. The van der Waals surface area contributed by atoms with Crippen molar-refractivity contribution in [3.63, 3.8) is 0 Å². The summed E-state index contributed by atoms with van der Waals surface area (Å²) in [5, 5.41) is 3.67. The van der Waals surface area contributed by atoms with E-state index >= 15 is 0 Å². The van der Waals surface area contributed by atoms with Gasteiger partial charge in [0, 0.05) is 29.2 Å². The van der Waals surface area contributed by atoms with Crippen molar-refractivity contribution in [3.8, 4) is 11.3 Å². The predicted molar refractivity (Wildman–Crippen MR) is 108 cm³/mol. The molecule has 0 spiro atoms. The van der Waals surface area contributed by atoms with Crippen LogP contribution < -0.4 is 4.90 Å². The first kappa shape index (κ1) is 19.2. The molecule has 2 saturated heterocycles. The zero-order chi connectivity index (χ0) is 18.8. The molecule has 2 aliphatic rings. The summed E-state index contributed by atoms with van der Waals surface area (Å²) in [7, 11) is 0. The maximum absolute atomic E-state index is 13.1. The normalized spacial score (nSPS) is 22.3. The number of anilines is 1. The van der Waals surface area contributed by atoms with E-state index in [0.29, 0.717) is 28.3 Å². The summed E-state index contributed by atoms with van der Waals surface area (Å²) in [5.74, 6) is -0.0360. The number of carbonyl (C=O) groups is 1. The lowest BCUT2D eigenvalue weighted by Gasteiger charge is -2.25. The highest BCUT2D eigenvalue weighted by molar-refractivity contribution is 7.14. The van der Waals surface area contributed by atoms with Gasteiger partial charge in [0.25, 0.3) is 5.91 Å². The van der Waals surface area contributed by atoms with E-state index in [1.165, 1.54) is 11.3 Å². The number of nitrogens with zero attached hydrogens (tertiary/aromatic N) is 2. The molecular formula is C19H20Cl2N2O3S. The molecule has 3 heterocycles.